The summed E-state index contributed by atoms with van der Waals surface area (Å²) in [7, 11) is 0. The van der Waals surface area contributed by atoms with Crippen LogP contribution in [0, 0.1) is 17.6 Å². The van der Waals surface area contributed by atoms with Crippen molar-refractivity contribution in [3.8, 4) is 0 Å². The molecule has 1 aliphatic rings. The molecular formula is C14H18F2N2O. The lowest BCUT2D eigenvalue weighted by atomic mass is 10.1. The van der Waals surface area contributed by atoms with Crippen molar-refractivity contribution >= 4 is 11.6 Å². The van der Waals surface area contributed by atoms with Gasteiger partial charge >= 0.3 is 0 Å². The second-order valence-corrected chi connectivity index (χ2v) is 5.14. The minimum absolute atomic E-state index is 0.107. The molecule has 0 saturated carbocycles. The third-order valence-corrected chi connectivity index (χ3v) is 3.48. The number of rotatable bonds is 4. The molecule has 5 heteroatoms. The van der Waals surface area contributed by atoms with Crippen molar-refractivity contribution in [1.82, 2.24) is 0 Å². The van der Waals surface area contributed by atoms with E-state index in [1.807, 2.05) is 6.92 Å². The minimum atomic E-state index is -1.02. The zero-order valence-corrected chi connectivity index (χ0v) is 11.1. The van der Waals surface area contributed by atoms with Gasteiger partial charge in [-0.15, -0.1) is 0 Å². The Morgan fingerprint density at radius 2 is 2.11 bits per heavy atom. The number of hydrogen-bond donors (Lipinski definition) is 1. The molecule has 104 valence electrons. The Morgan fingerprint density at radius 3 is 2.74 bits per heavy atom. The fraction of sp³-hybridized carbons (Fsp3) is 0.500. The highest BCUT2D eigenvalue weighted by atomic mass is 19.1. The van der Waals surface area contributed by atoms with Gasteiger partial charge in [-0.1, -0.05) is 20.3 Å². The second-order valence-electron chi connectivity index (χ2n) is 5.14. The van der Waals surface area contributed by atoms with E-state index in [1.54, 1.807) is 0 Å². The van der Waals surface area contributed by atoms with Crippen molar-refractivity contribution in [2.45, 2.75) is 32.7 Å². The van der Waals surface area contributed by atoms with Gasteiger partial charge in [-0.3, -0.25) is 4.79 Å². The summed E-state index contributed by atoms with van der Waals surface area (Å²) in [5.74, 6) is -1.53. The van der Waals surface area contributed by atoms with Crippen LogP contribution in [0.3, 0.4) is 0 Å². The molecule has 0 aromatic heterocycles. The largest absolute Gasteiger partial charge is 0.316 e. The third kappa shape index (κ3) is 2.47. The van der Waals surface area contributed by atoms with Crippen molar-refractivity contribution in [3.63, 3.8) is 0 Å². The van der Waals surface area contributed by atoms with Gasteiger partial charge in [0.05, 0.1) is 5.69 Å². The standard InChI is InChI=1S/C14H18F2N2O/c1-3-4-8(2)7-18-11-6-9(15)5-10(16)12(11)13(17)14(18)19/h5-6,8,13H,3-4,7,17H2,1-2H3. The number of carbonyl (C=O) groups is 1. The summed E-state index contributed by atoms with van der Waals surface area (Å²) in [6.45, 7) is 4.51. The van der Waals surface area contributed by atoms with Crippen molar-refractivity contribution < 1.29 is 13.6 Å². The molecule has 2 unspecified atom stereocenters. The van der Waals surface area contributed by atoms with E-state index in [1.165, 1.54) is 11.0 Å². The van der Waals surface area contributed by atoms with Crippen LogP contribution in [-0.4, -0.2) is 12.5 Å². The maximum Gasteiger partial charge on any atom is 0.248 e. The molecule has 1 heterocycles. The van der Waals surface area contributed by atoms with Crippen LogP contribution in [0.25, 0.3) is 0 Å². The Kier molecular flexibility index (Phi) is 3.85. The molecule has 3 nitrogen and oxygen atoms in total. The Labute approximate surface area is 111 Å². The highest BCUT2D eigenvalue weighted by Crippen LogP contribution is 2.37. The van der Waals surface area contributed by atoms with Gasteiger partial charge in [-0.05, 0) is 18.4 Å². The smallest absolute Gasteiger partial charge is 0.248 e. The van der Waals surface area contributed by atoms with Crippen LogP contribution in [0.2, 0.25) is 0 Å². The molecule has 0 bridgehead atoms. The van der Waals surface area contributed by atoms with Gasteiger partial charge < -0.3 is 10.6 Å². The lowest BCUT2D eigenvalue weighted by molar-refractivity contribution is -0.119. The number of amides is 1. The SMILES string of the molecule is CCCC(C)CN1C(=O)C(N)c2c(F)cc(F)cc21. The Hall–Kier alpha value is -1.49. The van der Waals surface area contributed by atoms with E-state index in [4.69, 9.17) is 5.73 Å². The quantitative estimate of drug-likeness (QED) is 0.912. The zero-order valence-electron chi connectivity index (χ0n) is 11.1. The molecule has 2 atom stereocenters. The van der Waals surface area contributed by atoms with Gasteiger partial charge in [-0.25, -0.2) is 8.78 Å². The van der Waals surface area contributed by atoms with Crippen LogP contribution < -0.4 is 10.6 Å². The molecule has 19 heavy (non-hydrogen) atoms. The lowest BCUT2D eigenvalue weighted by Gasteiger charge is -2.21. The van der Waals surface area contributed by atoms with Gasteiger partial charge in [-0.2, -0.15) is 0 Å². The van der Waals surface area contributed by atoms with Gasteiger partial charge in [0.15, 0.2) is 0 Å². The number of carbonyl (C=O) groups excluding carboxylic acids is 1. The fourth-order valence-corrected chi connectivity index (χ4v) is 2.60. The second kappa shape index (κ2) is 5.25. The molecule has 0 fully saturated rings. The van der Waals surface area contributed by atoms with Crippen molar-refractivity contribution in [3.05, 3.63) is 29.3 Å². The first-order valence-corrected chi connectivity index (χ1v) is 6.51. The molecule has 1 amide bonds. The summed E-state index contributed by atoms with van der Waals surface area (Å²) < 4.78 is 27.1. The topological polar surface area (TPSA) is 46.3 Å². The predicted octanol–water partition coefficient (Wildman–Crippen LogP) is 2.75. The highest BCUT2D eigenvalue weighted by molar-refractivity contribution is 6.04. The Balaban J connectivity index is 2.35. The maximum absolute atomic E-state index is 13.7. The monoisotopic (exact) mass is 268 g/mol. The molecule has 0 saturated heterocycles. The fourth-order valence-electron chi connectivity index (χ4n) is 2.60. The van der Waals surface area contributed by atoms with Crippen LogP contribution >= 0.6 is 0 Å². The number of fused-ring (bicyclic) bond motifs is 1. The molecular weight excluding hydrogens is 250 g/mol. The molecule has 1 aromatic carbocycles. The van der Waals surface area contributed by atoms with E-state index in [9.17, 15) is 13.6 Å². The van der Waals surface area contributed by atoms with Crippen LogP contribution in [-0.2, 0) is 4.79 Å². The molecule has 2 rings (SSSR count). The molecule has 0 spiro atoms. The summed E-state index contributed by atoms with van der Waals surface area (Å²) in [6.07, 6.45) is 1.95. The molecule has 0 aliphatic carbocycles. The van der Waals surface area contributed by atoms with E-state index < -0.39 is 17.7 Å². The predicted molar refractivity (Wildman–Crippen MR) is 69.7 cm³/mol. The number of nitrogens with two attached hydrogens (primary N) is 1. The molecule has 1 aliphatic heterocycles. The van der Waals surface area contributed by atoms with Gasteiger partial charge in [0, 0.05) is 18.2 Å². The van der Waals surface area contributed by atoms with Crippen LogP contribution in [0.4, 0.5) is 14.5 Å². The summed E-state index contributed by atoms with van der Waals surface area (Å²) in [6, 6.07) is 0.927. The number of hydrogen-bond acceptors (Lipinski definition) is 2. The average molecular weight is 268 g/mol. The van der Waals surface area contributed by atoms with Gasteiger partial charge in [0.1, 0.15) is 17.7 Å². The average Bonchev–Trinajstić information content (AvgIpc) is 2.54. The minimum Gasteiger partial charge on any atom is -0.316 e. The molecule has 1 aromatic rings. The Morgan fingerprint density at radius 1 is 1.42 bits per heavy atom. The van der Waals surface area contributed by atoms with E-state index in [0.717, 1.165) is 18.9 Å². The van der Waals surface area contributed by atoms with Crippen molar-refractivity contribution in [2.24, 2.45) is 11.7 Å². The normalized spacial score (nSPS) is 19.7. The first kappa shape index (κ1) is 13.9. The summed E-state index contributed by atoms with van der Waals surface area (Å²) >= 11 is 0. The van der Waals surface area contributed by atoms with Crippen LogP contribution in [0.15, 0.2) is 12.1 Å². The molecule has 2 N–H and O–H groups in total. The first-order valence-electron chi connectivity index (χ1n) is 6.51. The highest BCUT2D eigenvalue weighted by Gasteiger charge is 2.38. The number of benzene rings is 1. The third-order valence-electron chi connectivity index (χ3n) is 3.48. The zero-order chi connectivity index (χ0) is 14.2. The van der Waals surface area contributed by atoms with E-state index in [2.05, 4.69) is 6.92 Å². The summed E-state index contributed by atoms with van der Waals surface area (Å²) in [4.78, 5) is 13.5. The van der Waals surface area contributed by atoms with Gasteiger partial charge in [0.25, 0.3) is 0 Å². The van der Waals surface area contributed by atoms with E-state index in [0.29, 0.717) is 6.54 Å². The van der Waals surface area contributed by atoms with E-state index in [-0.39, 0.29) is 23.1 Å². The van der Waals surface area contributed by atoms with Crippen molar-refractivity contribution in [2.75, 3.05) is 11.4 Å². The first-order chi connectivity index (χ1) is 8.95. The van der Waals surface area contributed by atoms with Crippen molar-refractivity contribution in [1.29, 1.82) is 0 Å². The summed E-state index contributed by atoms with van der Waals surface area (Å²) in [5.41, 5.74) is 6.11. The number of halogens is 2. The number of nitrogens with zero attached hydrogens (tertiary/aromatic N) is 1. The van der Waals surface area contributed by atoms with Gasteiger partial charge in [0.2, 0.25) is 5.91 Å². The molecule has 0 radical (unpaired) electrons. The maximum atomic E-state index is 13.7. The summed E-state index contributed by atoms with van der Waals surface area (Å²) in [5, 5.41) is 0. The van der Waals surface area contributed by atoms with Crippen LogP contribution in [0.1, 0.15) is 38.3 Å². The van der Waals surface area contributed by atoms with Crippen LogP contribution in [0.5, 0.6) is 0 Å². The lowest BCUT2D eigenvalue weighted by Crippen LogP contribution is -2.35. The Bertz CT molecular complexity index is 504. The van der Waals surface area contributed by atoms with E-state index >= 15 is 0 Å². The number of anilines is 1.